The summed E-state index contributed by atoms with van der Waals surface area (Å²) in [4.78, 5) is 0. The predicted octanol–water partition coefficient (Wildman–Crippen LogP) is 8.19. The van der Waals surface area contributed by atoms with Crippen molar-refractivity contribution in [1.29, 1.82) is 5.26 Å². The van der Waals surface area contributed by atoms with Crippen LogP contribution in [0.3, 0.4) is 0 Å². The SMILES string of the molecule is CCCCCC(C#N)CCCCCCCC1CCCCCCCC1. The van der Waals surface area contributed by atoms with Gasteiger partial charge in [0.15, 0.2) is 0 Å². The van der Waals surface area contributed by atoms with E-state index in [4.69, 9.17) is 0 Å². The number of unbranched alkanes of at least 4 members (excludes halogenated alkanes) is 6. The average molecular weight is 334 g/mol. The van der Waals surface area contributed by atoms with E-state index in [2.05, 4.69) is 13.0 Å². The van der Waals surface area contributed by atoms with Crippen molar-refractivity contribution in [3.63, 3.8) is 0 Å². The van der Waals surface area contributed by atoms with Crippen molar-refractivity contribution in [2.45, 2.75) is 129 Å². The topological polar surface area (TPSA) is 23.8 Å². The summed E-state index contributed by atoms with van der Waals surface area (Å²) in [6.07, 6.45) is 26.3. The molecule has 0 amide bonds. The standard InChI is InChI=1S/C23H43N/c1-2-3-11-19-23(21-24)20-15-10-6-9-14-18-22-16-12-7-4-5-8-13-17-22/h22-23H,2-20H2,1H3. The van der Waals surface area contributed by atoms with E-state index in [1.165, 1.54) is 109 Å². The highest BCUT2D eigenvalue weighted by Gasteiger charge is 2.10. The Balaban J connectivity index is 1.96. The molecule has 0 N–H and O–H groups in total. The van der Waals surface area contributed by atoms with E-state index in [-0.39, 0.29) is 0 Å². The second kappa shape index (κ2) is 16.0. The quantitative estimate of drug-likeness (QED) is 0.330. The van der Waals surface area contributed by atoms with E-state index in [0.29, 0.717) is 5.92 Å². The van der Waals surface area contributed by atoms with Gasteiger partial charge in [-0.1, -0.05) is 116 Å². The van der Waals surface area contributed by atoms with E-state index in [1.54, 1.807) is 0 Å². The van der Waals surface area contributed by atoms with Gasteiger partial charge in [-0.15, -0.1) is 0 Å². The van der Waals surface area contributed by atoms with Crippen LogP contribution in [0.5, 0.6) is 0 Å². The number of hydrogen-bond acceptors (Lipinski definition) is 1. The summed E-state index contributed by atoms with van der Waals surface area (Å²) in [7, 11) is 0. The van der Waals surface area contributed by atoms with E-state index in [9.17, 15) is 5.26 Å². The van der Waals surface area contributed by atoms with E-state index in [1.807, 2.05) is 0 Å². The molecule has 0 heterocycles. The average Bonchev–Trinajstić information content (AvgIpc) is 2.73. The van der Waals surface area contributed by atoms with Crippen LogP contribution in [-0.4, -0.2) is 0 Å². The first-order valence-corrected chi connectivity index (χ1v) is 11.3. The third-order valence-corrected chi connectivity index (χ3v) is 5.98. The van der Waals surface area contributed by atoms with Crippen molar-refractivity contribution >= 4 is 0 Å². The Morgan fingerprint density at radius 3 is 1.92 bits per heavy atom. The predicted molar refractivity (Wildman–Crippen MR) is 106 cm³/mol. The fourth-order valence-electron chi connectivity index (χ4n) is 4.27. The molecule has 0 aromatic heterocycles. The molecular formula is C23H43N. The first-order valence-electron chi connectivity index (χ1n) is 11.3. The lowest BCUT2D eigenvalue weighted by molar-refractivity contribution is 0.381. The molecular weight excluding hydrogens is 290 g/mol. The summed E-state index contributed by atoms with van der Waals surface area (Å²) in [5.74, 6) is 1.36. The largest absolute Gasteiger partial charge is 0.198 e. The van der Waals surface area contributed by atoms with Crippen LogP contribution in [0.1, 0.15) is 129 Å². The Labute approximate surface area is 152 Å². The fraction of sp³-hybridized carbons (Fsp3) is 0.957. The van der Waals surface area contributed by atoms with Crippen LogP contribution >= 0.6 is 0 Å². The zero-order valence-electron chi connectivity index (χ0n) is 16.5. The summed E-state index contributed by atoms with van der Waals surface area (Å²) >= 11 is 0. The second-order valence-electron chi connectivity index (χ2n) is 8.23. The van der Waals surface area contributed by atoms with Gasteiger partial charge in [0.1, 0.15) is 0 Å². The Kier molecular flexibility index (Phi) is 14.3. The minimum absolute atomic E-state index is 0.329. The minimum Gasteiger partial charge on any atom is -0.198 e. The molecule has 0 aliphatic heterocycles. The van der Waals surface area contributed by atoms with E-state index < -0.39 is 0 Å². The highest BCUT2D eigenvalue weighted by molar-refractivity contribution is 4.82. The Bertz CT molecular complexity index is 294. The van der Waals surface area contributed by atoms with Gasteiger partial charge in [0.2, 0.25) is 0 Å². The van der Waals surface area contributed by atoms with Crippen LogP contribution in [0.25, 0.3) is 0 Å². The Morgan fingerprint density at radius 1 is 0.750 bits per heavy atom. The molecule has 24 heavy (non-hydrogen) atoms. The zero-order valence-corrected chi connectivity index (χ0v) is 16.5. The van der Waals surface area contributed by atoms with Gasteiger partial charge in [-0.05, 0) is 18.8 Å². The van der Waals surface area contributed by atoms with Crippen molar-refractivity contribution in [3.8, 4) is 6.07 Å². The van der Waals surface area contributed by atoms with Gasteiger partial charge in [0, 0.05) is 5.92 Å². The normalized spacial score (nSPS) is 18.3. The Morgan fingerprint density at radius 2 is 1.29 bits per heavy atom. The molecule has 1 atom stereocenters. The van der Waals surface area contributed by atoms with Gasteiger partial charge in [-0.25, -0.2) is 0 Å². The number of nitrogens with zero attached hydrogens (tertiary/aromatic N) is 1. The molecule has 140 valence electrons. The van der Waals surface area contributed by atoms with Crippen LogP contribution in [0, 0.1) is 23.2 Å². The summed E-state index contributed by atoms with van der Waals surface area (Å²) in [5, 5.41) is 9.22. The molecule has 1 aliphatic rings. The first-order chi connectivity index (χ1) is 11.9. The van der Waals surface area contributed by atoms with Crippen molar-refractivity contribution in [2.24, 2.45) is 11.8 Å². The maximum absolute atomic E-state index is 9.22. The minimum atomic E-state index is 0.329. The van der Waals surface area contributed by atoms with Crippen LogP contribution in [0.4, 0.5) is 0 Å². The van der Waals surface area contributed by atoms with Crippen LogP contribution in [0.2, 0.25) is 0 Å². The van der Waals surface area contributed by atoms with Gasteiger partial charge in [0.05, 0.1) is 6.07 Å². The third-order valence-electron chi connectivity index (χ3n) is 5.98. The van der Waals surface area contributed by atoms with Crippen LogP contribution in [-0.2, 0) is 0 Å². The molecule has 1 unspecified atom stereocenters. The highest BCUT2D eigenvalue weighted by Crippen LogP contribution is 2.26. The van der Waals surface area contributed by atoms with Crippen molar-refractivity contribution in [1.82, 2.24) is 0 Å². The van der Waals surface area contributed by atoms with Gasteiger partial charge >= 0.3 is 0 Å². The molecule has 1 rings (SSSR count). The van der Waals surface area contributed by atoms with Gasteiger partial charge in [-0.2, -0.15) is 5.26 Å². The third kappa shape index (κ3) is 11.9. The van der Waals surface area contributed by atoms with Gasteiger partial charge in [-0.3, -0.25) is 0 Å². The van der Waals surface area contributed by atoms with E-state index in [0.717, 1.165) is 18.8 Å². The Hall–Kier alpha value is -0.510. The molecule has 0 radical (unpaired) electrons. The number of rotatable bonds is 12. The van der Waals surface area contributed by atoms with Crippen molar-refractivity contribution < 1.29 is 0 Å². The second-order valence-corrected chi connectivity index (χ2v) is 8.23. The molecule has 1 heteroatoms. The summed E-state index contributed by atoms with van der Waals surface area (Å²) in [6, 6.07) is 2.52. The summed E-state index contributed by atoms with van der Waals surface area (Å²) < 4.78 is 0. The highest BCUT2D eigenvalue weighted by atomic mass is 14.3. The van der Waals surface area contributed by atoms with Crippen LogP contribution in [0.15, 0.2) is 0 Å². The van der Waals surface area contributed by atoms with Crippen molar-refractivity contribution in [3.05, 3.63) is 0 Å². The maximum atomic E-state index is 9.22. The molecule has 0 aromatic rings. The molecule has 0 spiro atoms. The van der Waals surface area contributed by atoms with Crippen LogP contribution < -0.4 is 0 Å². The molecule has 1 saturated carbocycles. The monoisotopic (exact) mass is 333 g/mol. The lowest BCUT2D eigenvalue weighted by atomic mass is 9.91. The van der Waals surface area contributed by atoms with E-state index >= 15 is 0 Å². The lowest BCUT2D eigenvalue weighted by Gasteiger charge is -2.15. The summed E-state index contributed by atoms with van der Waals surface area (Å²) in [5.41, 5.74) is 0. The fourth-order valence-corrected chi connectivity index (χ4v) is 4.27. The smallest absolute Gasteiger partial charge is 0.0655 e. The van der Waals surface area contributed by atoms with Gasteiger partial charge < -0.3 is 0 Å². The van der Waals surface area contributed by atoms with Gasteiger partial charge in [0.25, 0.3) is 0 Å². The number of nitriles is 1. The molecule has 0 aromatic carbocycles. The zero-order chi connectivity index (χ0) is 17.3. The molecule has 0 bridgehead atoms. The lowest BCUT2D eigenvalue weighted by Crippen LogP contribution is -2.00. The molecule has 1 aliphatic carbocycles. The molecule has 0 saturated heterocycles. The van der Waals surface area contributed by atoms with Crippen molar-refractivity contribution in [2.75, 3.05) is 0 Å². The number of hydrogen-bond donors (Lipinski definition) is 0. The first kappa shape index (κ1) is 21.5. The molecule has 1 nitrogen and oxygen atoms in total. The molecule has 1 fully saturated rings. The summed E-state index contributed by atoms with van der Waals surface area (Å²) in [6.45, 7) is 2.24. The maximum Gasteiger partial charge on any atom is 0.0655 e.